The number of hydrogen-bond donors (Lipinski definition) is 3. The zero-order valence-corrected chi connectivity index (χ0v) is 18.2. The largest absolute Gasteiger partial charge is 0.355 e. The van der Waals surface area contributed by atoms with Crippen molar-refractivity contribution in [2.45, 2.75) is 25.7 Å². The molecule has 3 aromatic heterocycles. The SMILES string of the molecule is CC(C)(C(=O)NCCc1nn[nH]n1)c1ccc(C(=O)Nc2cn3cc(Cl)ccc3n2)cc1. The molecule has 0 saturated carbocycles. The van der Waals surface area contributed by atoms with E-state index in [4.69, 9.17) is 11.6 Å². The first kappa shape index (κ1) is 21.4. The second-order valence-corrected chi connectivity index (χ2v) is 8.17. The van der Waals surface area contributed by atoms with Gasteiger partial charge in [0.15, 0.2) is 11.6 Å². The van der Waals surface area contributed by atoms with Crippen LogP contribution in [0.25, 0.3) is 5.65 Å². The van der Waals surface area contributed by atoms with Gasteiger partial charge in [-0.3, -0.25) is 9.59 Å². The van der Waals surface area contributed by atoms with Crippen molar-refractivity contribution in [3.8, 4) is 0 Å². The van der Waals surface area contributed by atoms with Crippen LogP contribution in [0.2, 0.25) is 5.02 Å². The van der Waals surface area contributed by atoms with E-state index in [1.54, 1.807) is 53.2 Å². The van der Waals surface area contributed by atoms with E-state index >= 15 is 0 Å². The molecule has 10 nitrogen and oxygen atoms in total. The van der Waals surface area contributed by atoms with Gasteiger partial charge in [0, 0.05) is 24.7 Å². The fourth-order valence-electron chi connectivity index (χ4n) is 3.18. The summed E-state index contributed by atoms with van der Waals surface area (Å²) in [5.41, 5.74) is 1.13. The number of hydrogen-bond acceptors (Lipinski definition) is 6. The number of halogens is 1. The van der Waals surface area contributed by atoms with Gasteiger partial charge in [-0.2, -0.15) is 5.21 Å². The molecule has 2 amide bonds. The molecule has 0 saturated heterocycles. The Labute approximate surface area is 188 Å². The molecule has 0 aliphatic rings. The first-order valence-electron chi connectivity index (χ1n) is 9.90. The van der Waals surface area contributed by atoms with Gasteiger partial charge in [-0.25, -0.2) is 4.98 Å². The quantitative estimate of drug-likeness (QED) is 0.394. The lowest BCUT2D eigenvalue weighted by Gasteiger charge is -2.24. The Hall–Kier alpha value is -3.79. The fraction of sp³-hybridized carbons (Fsp3) is 0.238. The molecule has 4 rings (SSSR count). The van der Waals surface area contributed by atoms with E-state index in [9.17, 15) is 9.59 Å². The van der Waals surface area contributed by atoms with E-state index in [0.717, 1.165) is 5.56 Å². The van der Waals surface area contributed by atoms with E-state index in [-0.39, 0.29) is 11.8 Å². The second-order valence-electron chi connectivity index (χ2n) is 7.73. The molecule has 11 heteroatoms. The molecular weight excluding hydrogens is 432 g/mol. The van der Waals surface area contributed by atoms with Gasteiger partial charge in [0.1, 0.15) is 5.65 Å². The van der Waals surface area contributed by atoms with Crippen LogP contribution in [0.15, 0.2) is 48.8 Å². The number of H-pyrrole nitrogens is 1. The van der Waals surface area contributed by atoms with Crippen molar-refractivity contribution in [3.05, 3.63) is 70.8 Å². The summed E-state index contributed by atoms with van der Waals surface area (Å²) in [7, 11) is 0. The molecule has 164 valence electrons. The summed E-state index contributed by atoms with van der Waals surface area (Å²) in [6.45, 7) is 4.05. The monoisotopic (exact) mass is 452 g/mol. The Morgan fingerprint density at radius 1 is 1.12 bits per heavy atom. The molecule has 0 radical (unpaired) electrons. The van der Waals surface area contributed by atoms with E-state index in [1.807, 2.05) is 13.8 Å². The van der Waals surface area contributed by atoms with Crippen LogP contribution in [-0.4, -0.2) is 48.4 Å². The van der Waals surface area contributed by atoms with Crippen LogP contribution in [0.1, 0.15) is 35.6 Å². The normalized spacial score (nSPS) is 11.5. The Morgan fingerprint density at radius 3 is 2.62 bits per heavy atom. The van der Waals surface area contributed by atoms with Crippen molar-refractivity contribution in [1.82, 2.24) is 35.3 Å². The summed E-state index contributed by atoms with van der Waals surface area (Å²) in [6.07, 6.45) is 3.88. The van der Waals surface area contributed by atoms with Gasteiger partial charge >= 0.3 is 0 Å². The number of nitrogens with zero attached hydrogens (tertiary/aromatic N) is 5. The van der Waals surface area contributed by atoms with Crippen LogP contribution in [0.5, 0.6) is 0 Å². The number of imidazole rings is 1. The minimum atomic E-state index is -0.785. The van der Waals surface area contributed by atoms with Gasteiger partial charge in [-0.15, -0.1) is 10.2 Å². The summed E-state index contributed by atoms with van der Waals surface area (Å²) in [5, 5.41) is 19.8. The molecule has 0 fully saturated rings. The summed E-state index contributed by atoms with van der Waals surface area (Å²) in [5.74, 6) is 0.518. The summed E-state index contributed by atoms with van der Waals surface area (Å²) >= 11 is 5.98. The number of carbonyl (C=O) groups excluding carboxylic acids is 2. The molecule has 3 N–H and O–H groups in total. The minimum Gasteiger partial charge on any atom is -0.355 e. The number of aromatic nitrogens is 6. The number of tetrazole rings is 1. The Morgan fingerprint density at radius 2 is 1.91 bits per heavy atom. The summed E-state index contributed by atoms with van der Waals surface area (Å²) in [4.78, 5) is 29.7. The number of anilines is 1. The molecule has 4 aromatic rings. The lowest BCUT2D eigenvalue weighted by molar-refractivity contribution is -0.125. The van der Waals surface area contributed by atoms with E-state index in [2.05, 4.69) is 36.2 Å². The molecule has 0 atom stereocenters. The molecule has 1 aromatic carbocycles. The number of carbonyl (C=O) groups is 2. The van der Waals surface area contributed by atoms with Crippen molar-refractivity contribution in [2.24, 2.45) is 0 Å². The van der Waals surface area contributed by atoms with Crippen molar-refractivity contribution < 1.29 is 9.59 Å². The highest BCUT2D eigenvalue weighted by molar-refractivity contribution is 6.30. The van der Waals surface area contributed by atoms with Gasteiger partial charge in [-0.1, -0.05) is 28.9 Å². The Bertz CT molecular complexity index is 1250. The maximum atomic E-state index is 12.7. The van der Waals surface area contributed by atoms with Crippen LogP contribution in [-0.2, 0) is 16.6 Å². The van der Waals surface area contributed by atoms with Crippen LogP contribution in [0.4, 0.5) is 5.82 Å². The molecular formula is C21H21ClN8O2. The van der Waals surface area contributed by atoms with Gasteiger partial charge < -0.3 is 15.0 Å². The molecule has 3 heterocycles. The highest BCUT2D eigenvalue weighted by atomic mass is 35.5. The van der Waals surface area contributed by atoms with E-state index in [1.165, 1.54) is 0 Å². The lowest BCUT2D eigenvalue weighted by atomic mass is 9.83. The zero-order chi connectivity index (χ0) is 22.7. The van der Waals surface area contributed by atoms with Crippen LogP contribution in [0.3, 0.4) is 0 Å². The topological polar surface area (TPSA) is 130 Å². The van der Waals surface area contributed by atoms with Gasteiger partial charge in [0.2, 0.25) is 5.91 Å². The van der Waals surface area contributed by atoms with Gasteiger partial charge in [0.05, 0.1) is 16.6 Å². The molecule has 0 aliphatic carbocycles. The van der Waals surface area contributed by atoms with E-state index < -0.39 is 5.41 Å². The lowest BCUT2D eigenvalue weighted by Crippen LogP contribution is -2.41. The van der Waals surface area contributed by atoms with Gasteiger partial charge in [-0.05, 0) is 43.7 Å². The molecule has 0 unspecified atom stereocenters. The van der Waals surface area contributed by atoms with Crippen LogP contribution < -0.4 is 10.6 Å². The maximum absolute atomic E-state index is 12.7. The predicted molar refractivity (Wildman–Crippen MR) is 119 cm³/mol. The van der Waals surface area contributed by atoms with Crippen molar-refractivity contribution in [3.63, 3.8) is 0 Å². The first-order chi connectivity index (χ1) is 15.3. The average molecular weight is 453 g/mol. The standard InChI is InChI=1S/C21H21ClN8O2/c1-21(2,20(32)23-10-9-16-26-28-29-27-16)14-5-3-13(4-6-14)19(31)25-17-12-30-11-15(22)7-8-18(30)24-17/h3-8,11-12H,9-10H2,1-2H3,(H,23,32)(H,25,31)(H,26,27,28,29). The third-order valence-electron chi connectivity index (χ3n) is 5.12. The Balaban J connectivity index is 1.39. The smallest absolute Gasteiger partial charge is 0.256 e. The number of fused-ring (bicyclic) bond motifs is 1. The molecule has 0 bridgehead atoms. The number of amides is 2. The molecule has 0 spiro atoms. The number of nitrogens with one attached hydrogen (secondary N) is 3. The maximum Gasteiger partial charge on any atom is 0.256 e. The van der Waals surface area contributed by atoms with Crippen LogP contribution >= 0.6 is 11.6 Å². The fourth-order valence-corrected chi connectivity index (χ4v) is 3.35. The summed E-state index contributed by atoms with van der Waals surface area (Å²) < 4.78 is 1.74. The Kier molecular flexibility index (Phi) is 5.87. The summed E-state index contributed by atoms with van der Waals surface area (Å²) in [6, 6.07) is 10.4. The zero-order valence-electron chi connectivity index (χ0n) is 17.5. The molecule has 0 aliphatic heterocycles. The first-order valence-corrected chi connectivity index (χ1v) is 10.3. The molecule has 32 heavy (non-hydrogen) atoms. The van der Waals surface area contributed by atoms with Gasteiger partial charge in [0.25, 0.3) is 5.91 Å². The van der Waals surface area contributed by atoms with Crippen molar-refractivity contribution in [2.75, 3.05) is 11.9 Å². The average Bonchev–Trinajstić information content (AvgIpc) is 3.42. The third-order valence-corrected chi connectivity index (χ3v) is 5.34. The van der Waals surface area contributed by atoms with E-state index in [0.29, 0.717) is 40.8 Å². The van der Waals surface area contributed by atoms with Crippen LogP contribution in [0, 0.1) is 0 Å². The predicted octanol–water partition coefficient (Wildman–Crippen LogP) is 2.39. The number of aromatic amines is 1. The highest BCUT2D eigenvalue weighted by Crippen LogP contribution is 2.24. The van der Waals surface area contributed by atoms with Crippen molar-refractivity contribution >= 4 is 34.9 Å². The number of benzene rings is 1. The highest BCUT2D eigenvalue weighted by Gasteiger charge is 2.29. The second kappa shape index (κ2) is 8.75. The number of rotatable bonds is 7. The number of pyridine rings is 1. The minimum absolute atomic E-state index is 0.137. The van der Waals surface area contributed by atoms with Crippen molar-refractivity contribution in [1.29, 1.82) is 0 Å². The third kappa shape index (κ3) is 4.59.